The van der Waals surface area contributed by atoms with Crippen LogP contribution in [0.15, 0.2) is 83.8 Å². The van der Waals surface area contributed by atoms with Crippen molar-refractivity contribution in [3.63, 3.8) is 0 Å². The lowest BCUT2D eigenvalue weighted by Gasteiger charge is -2.24. The quantitative estimate of drug-likeness (QED) is 0.490. The van der Waals surface area contributed by atoms with Gasteiger partial charge in [0.2, 0.25) is 15.9 Å². The molecule has 3 rings (SSSR count). The molecule has 0 aromatic heterocycles. The molecular formula is C25H28N2O5S. The molecule has 7 nitrogen and oxygen atoms in total. The Balaban J connectivity index is 1.88. The second-order valence-corrected chi connectivity index (χ2v) is 9.41. The second kappa shape index (κ2) is 11.0. The zero-order valence-corrected chi connectivity index (χ0v) is 19.7. The van der Waals surface area contributed by atoms with Crippen LogP contribution in [0.3, 0.4) is 0 Å². The molecule has 0 saturated carbocycles. The molecule has 0 aliphatic carbocycles. The van der Waals surface area contributed by atoms with E-state index in [1.807, 2.05) is 67.6 Å². The summed E-state index contributed by atoms with van der Waals surface area (Å²) in [6.07, 6.45) is 0. The normalized spacial score (nSPS) is 12.2. The fraction of sp³-hybridized carbons (Fsp3) is 0.240. The van der Waals surface area contributed by atoms with Crippen molar-refractivity contribution in [2.24, 2.45) is 0 Å². The predicted octanol–water partition coefficient (Wildman–Crippen LogP) is 3.77. The number of amides is 1. The van der Waals surface area contributed by atoms with Crippen molar-refractivity contribution in [1.29, 1.82) is 0 Å². The monoisotopic (exact) mass is 468 g/mol. The van der Waals surface area contributed by atoms with Gasteiger partial charge in [-0.3, -0.25) is 4.79 Å². The van der Waals surface area contributed by atoms with Gasteiger partial charge in [-0.25, -0.2) is 8.42 Å². The SMILES string of the molecule is COc1ccc(S(=O)(=O)N(CC(=O)N[C@H](C)c2ccccc2)Cc2ccccc2)cc1OC. The molecule has 3 aromatic carbocycles. The van der Waals surface area contributed by atoms with Crippen molar-refractivity contribution in [2.75, 3.05) is 20.8 Å². The zero-order chi connectivity index (χ0) is 23.8. The number of hydrogen-bond acceptors (Lipinski definition) is 5. The van der Waals surface area contributed by atoms with E-state index in [1.165, 1.54) is 32.4 Å². The molecule has 33 heavy (non-hydrogen) atoms. The van der Waals surface area contributed by atoms with Gasteiger partial charge in [0, 0.05) is 12.6 Å². The minimum atomic E-state index is -4.02. The maximum atomic E-state index is 13.5. The summed E-state index contributed by atoms with van der Waals surface area (Å²) in [5.41, 5.74) is 1.70. The van der Waals surface area contributed by atoms with E-state index >= 15 is 0 Å². The van der Waals surface area contributed by atoms with Gasteiger partial charge >= 0.3 is 0 Å². The standard InChI is InChI=1S/C25H28N2O5S/c1-19(21-12-8-5-9-13-21)26-25(28)18-27(17-20-10-6-4-7-11-20)33(29,30)22-14-15-23(31-2)24(16-22)32-3/h4-16,19H,17-18H2,1-3H3,(H,26,28)/t19-/m1/s1. The summed E-state index contributed by atoms with van der Waals surface area (Å²) in [6.45, 7) is 1.57. The van der Waals surface area contributed by atoms with Crippen LogP contribution >= 0.6 is 0 Å². The Hall–Kier alpha value is -3.36. The first kappa shape index (κ1) is 24.3. The van der Waals surface area contributed by atoms with E-state index in [9.17, 15) is 13.2 Å². The van der Waals surface area contributed by atoms with Gasteiger partial charge in [0.25, 0.3) is 0 Å². The summed E-state index contributed by atoms with van der Waals surface area (Å²) < 4.78 is 38.7. The van der Waals surface area contributed by atoms with E-state index in [2.05, 4.69) is 5.32 Å². The molecule has 0 aliphatic rings. The van der Waals surface area contributed by atoms with Gasteiger partial charge in [0.05, 0.1) is 31.7 Å². The summed E-state index contributed by atoms with van der Waals surface area (Å²) in [4.78, 5) is 12.9. The van der Waals surface area contributed by atoms with E-state index in [0.717, 1.165) is 15.4 Å². The Bertz CT molecular complexity index is 1170. The fourth-order valence-electron chi connectivity index (χ4n) is 3.41. The van der Waals surface area contributed by atoms with Crippen molar-refractivity contribution in [3.8, 4) is 11.5 Å². The number of carbonyl (C=O) groups is 1. The Kier molecular flexibility index (Phi) is 8.08. The van der Waals surface area contributed by atoms with Gasteiger partial charge in [0.15, 0.2) is 11.5 Å². The number of benzene rings is 3. The summed E-state index contributed by atoms with van der Waals surface area (Å²) in [5.74, 6) is 0.312. The van der Waals surface area contributed by atoms with Crippen LogP contribution in [0.1, 0.15) is 24.1 Å². The molecule has 1 atom stereocenters. The van der Waals surface area contributed by atoms with E-state index in [4.69, 9.17) is 9.47 Å². The van der Waals surface area contributed by atoms with Crippen LogP contribution in [-0.2, 0) is 21.4 Å². The minimum Gasteiger partial charge on any atom is -0.493 e. The first-order valence-corrected chi connectivity index (χ1v) is 11.9. The minimum absolute atomic E-state index is 0.0139. The second-order valence-electron chi connectivity index (χ2n) is 7.48. The lowest BCUT2D eigenvalue weighted by Crippen LogP contribution is -2.41. The smallest absolute Gasteiger partial charge is 0.243 e. The summed E-state index contributed by atoms with van der Waals surface area (Å²) in [5, 5.41) is 2.89. The molecule has 3 aromatic rings. The van der Waals surface area contributed by atoms with Gasteiger partial charge in [-0.05, 0) is 30.2 Å². The summed E-state index contributed by atoms with van der Waals surface area (Å²) in [6, 6.07) is 22.8. The van der Waals surface area contributed by atoms with Crippen LogP contribution in [0.2, 0.25) is 0 Å². The molecule has 1 N–H and O–H groups in total. The van der Waals surface area contributed by atoms with Gasteiger partial charge in [0.1, 0.15) is 0 Å². The fourth-order valence-corrected chi connectivity index (χ4v) is 4.81. The van der Waals surface area contributed by atoms with Crippen molar-refractivity contribution >= 4 is 15.9 Å². The highest BCUT2D eigenvalue weighted by Gasteiger charge is 2.28. The first-order chi connectivity index (χ1) is 15.8. The molecule has 0 radical (unpaired) electrons. The molecule has 0 spiro atoms. The third-order valence-corrected chi connectivity index (χ3v) is 6.98. The molecule has 0 heterocycles. The molecule has 1 amide bonds. The lowest BCUT2D eigenvalue weighted by molar-refractivity contribution is -0.122. The van der Waals surface area contributed by atoms with E-state index in [-0.39, 0.29) is 24.0 Å². The Morgan fingerprint density at radius 3 is 2.12 bits per heavy atom. The third-order valence-electron chi connectivity index (χ3n) is 5.19. The highest BCUT2D eigenvalue weighted by atomic mass is 32.2. The Morgan fingerprint density at radius 1 is 0.909 bits per heavy atom. The highest BCUT2D eigenvalue weighted by Crippen LogP contribution is 2.31. The van der Waals surface area contributed by atoms with Crippen molar-refractivity contribution in [2.45, 2.75) is 24.4 Å². The van der Waals surface area contributed by atoms with Crippen molar-refractivity contribution in [1.82, 2.24) is 9.62 Å². The lowest BCUT2D eigenvalue weighted by atomic mass is 10.1. The van der Waals surface area contributed by atoms with Gasteiger partial charge in [-0.2, -0.15) is 4.31 Å². The highest BCUT2D eigenvalue weighted by molar-refractivity contribution is 7.89. The van der Waals surface area contributed by atoms with E-state index < -0.39 is 15.9 Å². The van der Waals surface area contributed by atoms with Crippen LogP contribution in [0.4, 0.5) is 0 Å². The van der Waals surface area contributed by atoms with E-state index in [0.29, 0.717) is 11.5 Å². The van der Waals surface area contributed by atoms with Crippen LogP contribution in [0.5, 0.6) is 11.5 Å². The number of rotatable bonds is 10. The van der Waals surface area contributed by atoms with Crippen LogP contribution in [0, 0.1) is 0 Å². The zero-order valence-electron chi connectivity index (χ0n) is 18.9. The molecule has 0 bridgehead atoms. The van der Waals surface area contributed by atoms with Gasteiger partial charge in [-0.15, -0.1) is 0 Å². The van der Waals surface area contributed by atoms with Crippen LogP contribution < -0.4 is 14.8 Å². The number of carbonyl (C=O) groups excluding carboxylic acids is 1. The average molecular weight is 469 g/mol. The molecular weight excluding hydrogens is 440 g/mol. The van der Waals surface area contributed by atoms with Crippen LogP contribution in [0.25, 0.3) is 0 Å². The number of nitrogens with zero attached hydrogens (tertiary/aromatic N) is 1. The van der Waals surface area contributed by atoms with Crippen molar-refractivity contribution < 1.29 is 22.7 Å². The van der Waals surface area contributed by atoms with Crippen molar-refractivity contribution in [3.05, 3.63) is 90.0 Å². The number of methoxy groups -OCH3 is 2. The van der Waals surface area contributed by atoms with Crippen LogP contribution in [-0.4, -0.2) is 39.4 Å². The van der Waals surface area contributed by atoms with Gasteiger partial charge < -0.3 is 14.8 Å². The Labute approximate surface area is 195 Å². The van der Waals surface area contributed by atoms with Gasteiger partial charge in [-0.1, -0.05) is 60.7 Å². The molecule has 8 heteroatoms. The Morgan fingerprint density at radius 2 is 1.52 bits per heavy atom. The maximum absolute atomic E-state index is 13.5. The number of nitrogens with one attached hydrogen (secondary N) is 1. The molecule has 0 aliphatic heterocycles. The molecule has 174 valence electrons. The average Bonchev–Trinajstić information content (AvgIpc) is 2.84. The largest absolute Gasteiger partial charge is 0.493 e. The van der Waals surface area contributed by atoms with E-state index in [1.54, 1.807) is 0 Å². The number of hydrogen-bond donors (Lipinski definition) is 1. The molecule has 0 unspecified atom stereocenters. The number of ether oxygens (including phenoxy) is 2. The number of sulfonamides is 1. The molecule has 0 fully saturated rings. The summed E-state index contributed by atoms with van der Waals surface area (Å²) in [7, 11) is -1.10. The predicted molar refractivity (Wildman–Crippen MR) is 127 cm³/mol. The summed E-state index contributed by atoms with van der Waals surface area (Å²) >= 11 is 0. The molecule has 0 saturated heterocycles. The third kappa shape index (κ3) is 6.12. The first-order valence-electron chi connectivity index (χ1n) is 10.5. The topological polar surface area (TPSA) is 84.9 Å². The maximum Gasteiger partial charge on any atom is 0.243 e.